The van der Waals surface area contributed by atoms with Gasteiger partial charge in [0.05, 0.1) is 17.5 Å². The molecular formula is C19H22N4O2. The van der Waals surface area contributed by atoms with Gasteiger partial charge >= 0.3 is 0 Å². The fourth-order valence-corrected chi connectivity index (χ4v) is 3.33. The van der Waals surface area contributed by atoms with Gasteiger partial charge in [0.1, 0.15) is 5.69 Å². The average Bonchev–Trinajstić information content (AvgIpc) is 3.26. The number of anilines is 1. The number of hydrogen-bond acceptors (Lipinski definition) is 6. The number of furan rings is 1. The highest BCUT2D eigenvalue weighted by molar-refractivity contribution is 5.77. The molecule has 0 amide bonds. The first-order valence-corrected chi connectivity index (χ1v) is 8.72. The third kappa shape index (κ3) is 2.92. The Bertz CT molecular complexity index is 870. The molecule has 0 spiro atoms. The lowest BCUT2D eigenvalue weighted by Gasteiger charge is -2.31. The van der Waals surface area contributed by atoms with Gasteiger partial charge in [-0.2, -0.15) is 0 Å². The van der Waals surface area contributed by atoms with Gasteiger partial charge in [-0.15, -0.1) is 0 Å². The van der Waals surface area contributed by atoms with Gasteiger partial charge in [0, 0.05) is 24.8 Å². The molecule has 6 nitrogen and oxygen atoms in total. The van der Waals surface area contributed by atoms with Crippen molar-refractivity contribution >= 4 is 5.95 Å². The van der Waals surface area contributed by atoms with Crippen molar-refractivity contribution in [3.05, 3.63) is 35.9 Å². The van der Waals surface area contributed by atoms with Crippen LogP contribution in [0, 0.1) is 19.8 Å². The van der Waals surface area contributed by atoms with Gasteiger partial charge < -0.3 is 13.8 Å². The summed E-state index contributed by atoms with van der Waals surface area (Å²) in [6.45, 7) is 8.17. The summed E-state index contributed by atoms with van der Waals surface area (Å²) in [6, 6.07) is 3.77. The van der Waals surface area contributed by atoms with E-state index < -0.39 is 0 Å². The second kappa shape index (κ2) is 6.35. The zero-order valence-corrected chi connectivity index (χ0v) is 14.8. The van der Waals surface area contributed by atoms with Crippen LogP contribution in [0.1, 0.15) is 31.0 Å². The third-order valence-corrected chi connectivity index (χ3v) is 4.87. The lowest BCUT2D eigenvalue weighted by molar-refractivity contribution is 0.426. The van der Waals surface area contributed by atoms with Crippen LogP contribution in [0.15, 0.2) is 33.5 Å². The lowest BCUT2D eigenvalue weighted by Crippen LogP contribution is -2.35. The maximum atomic E-state index is 5.62. The average molecular weight is 338 g/mol. The largest absolute Gasteiger partial charge is 0.463 e. The predicted molar refractivity (Wildman–Crippen MR) is 95.3 cm³/mol. The van der Waals surface area contributed by atoms with Crippen LogP contribution in [0.25, 0.3) is 22.8 Å². The second-order valence-electron chi connectivity index (χ2n) is 6.83. The van der Waals surface area contributed by atoms with Crippen LogP contribution in [0.3, 0.4) is 0 Å². The van der Waals surface area contributed by atoms with Gasteiger partial charge in [0.15, 0.2) is 11.5 Å². The molecule has 3 aromatic rings. The zero-order chi connectivity index (χ0) is 17.4. The summed E-state index contributed by atoms with van der Waals surface area (Å²) >= 11 is 0. The van der Waals surface area contributed by atoms with Crippen molar-refractivity contribution < 1.29 is 8.94 Å². The molecule has 0 radical (unpaired) electrons. The standard InChI is InChI=1S/C19H22N4O2/c1-12-6-4-8-23(11-12)19-20-10-15(18-13(2)14(3)22-25-18)17(21-19)16-7-5-9-24-16/h5,7,9-10,12H,4,6,8,11H2,1-3H3/t12-/m0/s1. The summed E-state index contributed by atoms with van der Waals surface area (Å²) in [4.78, 5) is 11.7. The first-order valence-electron chi connectivity index (χ1n) is 8.72. The van der Waals surface area contributed by atoms with Gasteiger partial charge in [-0.3, -0.25) is 0 Å². The van der Waals surface area contributed by atoms with Gasteiger partial charge in [0.2, 0.25) is 5.95 Å². The molecule has 0 unspecified atom stereocenters. The molecule has 4 rings (SSSR count). The predicted octanol–water partition coefficient (Wildman–Crippen LogP) is 4.24. The van der Waals surface area contributed by atoms with Crippen LogP contribution in [0.4, 0.5) is 5.95 Å². The zero-order valence-electron chi connectivity index (χ0n) is 14.8. The van der Waals surface area contributed by atoms with Crippen LogP contribution in [0.5, 0.6) is 0 Å². The maximum Gasteiger partial charge on any atom is 0.226 e. The Labute approximate surface area is 146 Å². The fraction of sp³-hybridized carbons (Fsp3) is 0.421. The van der Waals surface area contributed by atoms with E-state index in [1.807, 2.05) is 32.2 Å². The number of piperidine rings is 1. The van der Waals surface area contributed by atoms with Crippen LogP contribution >= 0.6 is 0 Å². The van der Waals surface area contributed by atoms with E-state index in [9.17, 15) is 0 Å². The number of aromatic nitrogens is 3. The molecule has 130 valence electrons. The Kier molecular flexibility index (Phi) is 4.03. The molecule has 0 N–H and O–H groups in total. The number of rotatable bonds is 3. The molecule has 1 fully saturated rings. The molecule has 0 aliphatic carbocycles. The number of aryl methyl sites for hydroxylation is 1. The van der Waals surface area contributed by atoms with Crippen molar-refractivity contribution in [2.45, 2.75) is 33.6 Å². The van der Waals surface area contributed by atoms with Gasteiger partial charge in [-0.1, -0.05) is 12.1 Å². The Hall–Kier alpha value is -2.63. The number of nitrogens with zero attached hydrogens (tertiary/aromatic N) is 4. The van der Waals surface area contributed by atoms with Crippen molar-refractivity contribution in [3.8, 4) is 22.8 Å². The molecule has 6 heteroatoms. The van der Waals surface area contributed by atoms with Crippen molar-refractivity contribution in [1.82, 2.24) is 15.1 Å². The highest BCUT2D eigenvalue weighted by atomic mass is 16.5. The summed E-state index contributed by atoms with van der Waals surface area (Å²) in [5.41, 5.74) is 3.42. The first kappa shape index (κ1) is 15.9. The van der Waals surface area contributed by atoms with E-state index in [4.69, 9.17) is 13.9 Å². The van der Waals surface area contributed by atoms with Crippen molar-refractivity contribution in [3.63, 3.8) is 0 Å². The topological polar surface area (TPSA) is 68.2 Å². The van der Waals surface area contributed by atoms with Crippen LogP contribution < -0.4 is 4.90 Å². The van der Waals surface area contributed by atoms with Crippen molar-refractivity contribution in [1.29, 1.82) is 0 Å². The minimum Gasteiger partial charge on any atom is -0.463 e. The Morgan fingerprint density at radius 2 is 2.16 bits per heavy atom. The molecule has 1 aliphatic rings. The summed E-state index contributed by atoms with van der Waals surface area (Å²) in [6.07, 6.45) is 5.91. The highest BCUT2D eigenvalue weighted by Crippen LogP contribution is 2.34. The Morgan fingerprint density at radius 1 is 1.28 bits per heavy atom. The van der Waals surface area contributed by atoms with Crippen molar-refractivity contribution in [2.75, 3.05) is 18.0 Å². The van der Waals surface area contributed by atoms with Gasteiger partial charge in [0.25, 0.3) is 0 Å². The van der Waals surface area contributed by atoms with E-state index in [0.29, 0.717) is 17.4 Å². The molecule has 0 aromatic carbocycles. The number of hydrogen-bond donors (Lipinski definition) is 0. The molecular weight excluding hydrogens is 316 g/mol. The fourth-order valence-electron chi connectivity index (χ4n) is 3.33. The molecule has 3 aromatic heterocycles. The van der Waals surface area contributed by atoms with E-state index in [1.165, 1.54) is 12.8 Å². The SMILES string of the molecule is Cc1noc(-c2cnc(N3CCC[C@H](C)C3)nc2-c2ccco2)c1C. The molecule has 1 aliphatic heterocycles. The minimum atomic E-state index is 0.656. The molecule has 4 heterocycles. The highest BCUT2D eigenvalue weighted by Gasteiger charge is 2.23. The van der Waals surface area contributed by atoms with E-state index in [2.05, 4.69) is 22.0 Å². The molecule has 0 saturated carbocycles. The van der Waals surface area contributed by atoms with Gasteiger partial charge in [-0.05, 0) is 44.7 Å². The van der Waals surface area contributed by atoms with E-state index in [1.54, 1.807) is 6.26 Å². The van der Waals surface area contributed by atoms with E-state index in [-0.39, 0.29) is 0 Å². The van der Waals surface area contributed by atoms with Crippen LogP contribution in [-0.4, -0.2) is 28.2 Å². The van der Waals surface area contributed by atoms with Gasteiger partial charge in [-0.25, -0.2) is 9.97 Å². The van der Waals surface area contributed by atoms with E-state index >= 15 is 0 Å². The molecule has 1 atom stereocenters. The lowest BCUT2D eigenvalue weighted by atomic mass is 10.0. The first-order chi connectivity index (χ1) is 12.1. The van der Waals surface area contributed by atoms with Crippen molar-refractivity contribution in [2.24, 2.45) is 5.92 Å². The van der Waals surface area contributed by atoms with E-state index in [0.717, 1.165) is 41.6 Å². The monoisotopic (exact) mass is 338 g/mol. The van der Waals surface area contributed by atoms with Crippen LogP contribution in [-0.2, 0) is 0 Å². The molecule has 0 bridgehead atoms. The molecule has 25 heavy (non-hydrogen) atoms. The second-order valence-corrected chi connectivity index (χ2v) is 6.83. The quantitative estimate of drug-likeness (QED) is 0.711. The Morgan fingerprint density at radius 3 is 2.84 bits per heavy atom. The summed E-state index contributed by atoms with van der Waals surface area (Å²) in [5, 5.41) is 4.07. The smallest absolute Gasteiger partial charge is 0.226 e. The normalized spacial score (nSPS) is 17.9. The third-order valence-electron chi connectivity index (χ3n) is 4.87. The van der Waals surface area contributed by atoms with Crippen LogP contribution in [0.2, 0.25) is 0 Å². The summed E-state index contributed by atoms with van der Waals surface area (Å²) < 4.78 is 11.2. The maximum absolute atomic E-state index is 5.62. The summed E-state index contributed by atoms with van der Waals surface area (Å²) in [7, 11) is 0. The molecule has 1 saturated heterocycles. The summed E-state index contributed by atoms with van der Waals surface area (Å²) in [5.74, 6) is 2.80. The Balaban J connectivity index is 1.81. The minimum absolute atomic E-state index is 0.656.